The van der Waals surface area contributed by atoms with Crippen molar-refractivity contribution in [2.24, 2.45) is 5.73 Å². The van der Waals surface area contributed by atoms with Crippen molar-refractivity contribution in [3.63, 3.8) is 0 Å². The number of nitrogens with two attached hydrogens (primary N) is 1. The predicted molar refractivity (Wildman–Crippen MR) is 79.8 cm³/mol. The summed E-state index contributed by atoms with van der Waals surface area (Å²) in [6, 6.07) is 14.4. The van der Waals surface area contributed by atoms with Gasteiger partial charge in [0.05, 0.1) is 0 Å². The molecule has 0 amide bonds. The number of para-hydroxylation sites is 1. The quantitative estimate of drug-likeness (QED) is 0.896. The molecule has 2 heteroatoms. The molecule has 1 unspecified atom stereocenters. The van der Waals surface area contributed by atoms with E-state index in [1.807, 2.05) is 31.2 Å². The fourth-order valence-electron chi connectivity index (χ4n) is 2.02. The lowest BCUT2D eigenvalue weighted by atomic mass is 10.1. The van der Waals surface area contributed by atoms with Gasteiger partial charge in [-0.1, -0.05) is 24.3 Å². The van der Waals surface area contributed by atoms with Crippen LogP contribution in [0.4, 0.5) is 0 Å². The average molecular weight is 255 g/mol. The number of hydrogen-bond donors (Lipinski definition) is 1. The SMILES string of the molecule is Cc1ccc(Oc2ccccc2CC(C)N)cc1C. The van der Waals surface area contributed by atoms with E-state index in [2.05, 4.69) is 32.0 Å². The summed E-state index contributed by atoms with van der Waals surface area (Å²) < 4.78 is 5.99. The Morgan fingerprint density at radius 2 is 1.79 bits per heavy atom. The molecule has 2 rings (SSSR count). The van der Waals surface area contributed by atoms with Crippen molar-refractivity contribution in [1.29, 1.82) is 0 Å². The Morgan fingerprint density at radius 1 is 1.05 bits per heavy atom. The minimum absolute atomic E-state index is 0.129. The van der Waals surface area contributed by atoms with E-state index in [1.165, 1.54) is 11.1 Å². The first-order valence-electron chi connectivity index (χ1n) is 6.65. The molecule has 0 aromatic heterocycles. The first-order valence-corrected chi connectivity index (χ1v) is 6.65. The van der Waals surface area contributed by atoms with Gasteiger partial charge in [-0.2, -0.15) is 0 Å². The molecule has 19 heavy (non-hydrogen) atoms. The topological polar surface area (TPSA) is 35.2 Å². The van der Waals surface area contributed by atoms with Gasteiger partial charge in [0.25, 0.3) is 0 Å². The van der Waals surface area contributed by atoms with E-state index in [4.69, 9.17) is 10.5 Å². The highest BCUT2D eigenvalue weighted by Gasteiger charge is 2.07. The van der Waals surface area contributed by atoms with Crippen LogP contribution in [0.15, 0.2) is 42.5 Å². The largest absolute Gasteiger partial charge is 0.457 e. The number of rotatable bonds is 4. The second kappa shape index (κ2) is 5.89. The van der Waals surface area contributed by atoms with Gasteiger partial charge in [0.2, 0.25) is 0 Å². The van der Waals surface area contributed by atoms with Crippen LogP contribution < -0.4 is 10.5 Å². The smallest absolute Gasteiger partial charge is 0.130 e. The van der Waals surface area contributed by atoms with Gasteiger partial charge in [-0.15, -0.1) is 0 Å². The van der Waals surface area contributed by atoms with Crippen molar-refractivity contribution in [3.05, 3.63) is 59.2 Å². The van der Waals surface area contributed by atoms with Crippen LogP contribution in [0.5, 0.6) is 11.5 Å². The monoisotopic (exact) mass is 255 g/mol. The first kappa shape index (κ1) is 13.6. The van der Waals surface area contributed by atoms with Crippen LogP contribution in [0.25, 0.3) is 0 Å². The fourth-order valence-corrected chi connectivity index (χ4v) is 2.02. The van der Waals surface area contributed by atoms with Gasteiger partial charge in [0, 0.05) is 6.04 Å². The Morgan fingerprint density at radius 3 is 2.47 bits per heavy atom. The van der Waals surface area contributed by atoms with Crippen molar-refractivity contribution >= 4 is 0 Å². The van der Waals surface area contributed by atoms with Gasteiger partial charge < -0.3 is 10.5 Å². The molecule has 2 nitrogen and oxygen atoms in total. The summed E-state index contributed by atoms with van der Waals surface area (Å²) in [5, 5.41) is 0. The van der Waals surface area contributed by atoms with Gasteiger partial charge >= 0.3 is 0 Å². The molecule has 0 radical (unpaired) electrons. The third-order valence-corrected chi connectivity index (χ3v) is 3.22. The maximum Gasteiger partial charge on any atom is 0.130 e. The van der Waals surface area contributed by atoms with E-state index in [9.17, 15) is 0 Å². The van der Waals surface area contributed by atoms with Crippen LogP contribution in [-0.4, -0.2) is 6.04 Å². The van der Waals surface area contributed by atoms with Crippen LogP contribution in [0.1, 0.15) is 23.6 Å². The van der Waals surface area contributed by atoms with E-state index in [-0.39, 0.29) is 6.04 Å². The lowest BCUT2D eigenvalue weighted by Crippen LogP contribution is -2.18. The predicted octanol–water partition coefficient (Wildman–Crippen LogP) is 3.99. The molecule has 0 aliphatic carbocycles. The van der Waals surface area contributed by atoms with Crippen LogP contribution in [0.3, 0.4) is 0 Å². The maximum absolute atomic E-state index is 5.99. The van der Waals surface area contributed by atoms with Crippen LogP contribution >= 0.6 is 0 Å². The zero-order valence-corrected chi connectivity index (χ0v) is 11.8. The average Bonchev–Trinajstić information content (AvgIpc) is 2.36. The fraction of sp³-hybridized carbons (Fsp3) is 0.294. The standard InChI is InChI=1S/C17H21NO/c1-12-8-9-16(10-13(12)2)19-17-7-5-4-6-15(17)11-14(3)18/h4-10,14H,11,18H2,1-3H3. The molecule has 0 aliphatic rings. The summed E-state index contributed by atoms with van der Waals surface area (Å²) in [6.45, 7) is 6.20. The molecule has 1 atom stereocenters. The first-order chi connectivity index (χ1) is 9.06. The molecule has 2 N–H and O–H groups in total. The maximum atomic E-state index is 5.99. The molecule has 0 heterocycles. The highest BCUT2D eigenvalue weighted by atomic mass is 16.5. The van der Waals surface area contributed by atoms with Crippen molar-refractivity contribution in [2.75, 3.05) is 0 Å². The summed E-state index contributed by atoms with van der Waals surface area (Å²) in [5.74, 6) is 1.77. The Kier molecular flexibility index (Phi) is 4.23. The second-order valence-electron chi connectivity index (χ2n) is 5.14. The Bertz CT molecular complexity index is 561. The van der Waals surface area contributed by atoms with Gasteiger partial charge in [0.15, 0.2) is 0 Å². The summed E-state index contributed by atoms with van der Waals surface area (Å²) in [6.07, 6.45) is 0.820. The van der Waals surface area contributed by atoms with Gasteiger partial charge in [-0.3, -0.25) is 0 Å². The molecule has 2 aromatic rings. The molecule has 0 spiro atoms. The molecular formula is C17H21NO. The summed E-state index contributed by atoms with van der Waals surface area (Å²) in [7, 11) is 0. The molecule has 0 bridgehead atoms. The van der Waals surface area contributed by atoms with E-state index >= 15 is 0 Å². The number of hydrogen-bond acceptors (Lipinski definition) is 2. The van der Waals surface area contributed by atoms with Gasteiger partial charge in [-0.25, -0.2) is 0 Å². The van der Waals surface area contributed by atoms with Crippen molar-refractivity contribution in [1.82, 2.24) is 0 Å². The van der Waals surface area contributed by atoms with E-state index in [0.717, 1.165) is 23.5 Å². The van der Waals surface area contributed by atoms with Crippen molar-refractivity contribution < 1.29 is 4.74 Å². The number of ether oxygens (including phenoxy) is 1. The Labute approximate surface area is 115 Å². The normalized spacial score (nSPS) is 12.2. The highest BCUT2D eigenvalue weighted by molar-refractivity contribution is 5.40. The van der Waals surface area contributed by atoms with Gasteiger partial charge in [-0.05, 0) is 62.1 Å². The molecule has 0 aliphatic heterocycles. The molecule has 0 saturated carbocycles. The molecule has 100 valence electrons. The minimum atomic E-state index is 0.129. The molecular weight excluding hydrogens is 234 g/mol. The van der Waals surface area contributed by atoms with Crippen LogP contribution in [-0.2, 0) is 6.42 Å². The van der Waals surface area contributed by atoms with Crippen LogP contribution in [0.2, 0.25) is 0 Å². The summed E-state index contributed by atoms with van der Waals surface area (Å²) >= 11 is 0. The van der Waals surface area contributed by atoms with Crippen molar-refractivity contribution in [2.45, 2.75) is 33.2 Å². The third kappa shape index (κ3) is 3.58. The second-order valence-corrected chi connectivity index (χ2v) is 5.14. The van der Waals surface area contributed by atoms with E-state index in [0.29, 0.717) is 0 Å². The molecule has 2 aromatic carbocycles. The summed E-state index contributed by atoms with van der Waals surface area (Å²) in [4.78, 5) is 0. The Hall–Kier alpha value is -1.80. The van der Waals surface area contributed by atoms with Crippen molar-refractivity contribution in [3.8, 4) is 11.5 Å². The third-order valence-electron chi connectivity index (χ3n) is 3.22. The number of aryl methyl sites for hydroxylation is 2. The van der Waals surface area contributed by atoms with Crippen LogP contribution in [0, 0.1) is 13.8 Å². The summed E-state index contributed by atoms with van der Waals surface area (Å²) in [5.41, 5.74) is 9.54. The van der Waals surface area contributed by atoms with Gasteiger partial charge in [0.1, 0.15) is 11.5 Å². The lowest BCUT2D eigenvalue weighted by molar-refractivity contribution is 0.473. The van der Waals surface area contributed by atoms with E-state index in [1.54, 1.807) is 0 Å². The lowest BCUT2D eigenvalue weighted by Gasteiger charge is -2.13. The molecule has 0 saturated heterocycles. The molecule has 0 fully saturated rings. The van der Waals surface area contributed by atoms with E-state index < -0.39 is 0 Å². The zero-order valence-electron chi connectivity index (χ0n) is 11.8. The minimum Gasteiger partial charge on any atom is -0.457 e. The number of benzene rings is 2. The Balaban J connectivity index is 2.25. The highest BCUT2D eigenvalue weighted by Crippen LogP contribution is 2.27. The zero-order chi connectivity index (χ0) is 13.8.